The van der Waals surface area contributed by atoms with Crippen LogP contribution in [0.3, 0.4) is 0 Å². The van der Waals surface area contributed by atoms with Crippen LogP contribution in [0.5, 0.6) is 0 Å². The van der Waals surface area contributed by atoms with Crippen molar-refractivity contribution in [2.24, 2.45) is 0 Å². The molecule has 0 aliphatic rings. The van der Waals surface area contributed by atoms with Crippen molar-refractivity contribution in [2.75, 3.05) is 5.32 Å². The van der Waals surface area contributed by atoms with Crippen LogP contribution in [-0.4, -0.2) is 15.0 Å². The third kappa shape index (κ3) is 2.66. The summed E-state index contributed by atoms with van der Waals surface area (Å²) < 4.78 is 0. The van der Waals surface area contributed by atoms with Gasteiger partial charge in [-0.3, -0.25) is 9.78 Å². The van der Waals surface area contributed by atoms with Crippen molar-refractivity contribution in [3.8, 4) is 0 Å². The second kappa shape index (κ2) is 4.57. The third-order valence-electron chi connectivity index (χ3n) is 2.06. The lowest BCUT2D eigenvalue weighted by molar-refractivity contribution is 0.994. The Labute approximate surface area is 92.6 Å². The van der Waals surface area contributed by atoms with Crippen molar-refractivity contribution < 1.29 is 0 Å². The van der Waals surface area contributed by atoms with Gasteiger partial charge in [-0.25, -0.2) is 4.98 Å². The first-order valence-electron chi connectivity index (χ1n) is 4.95. The van der Waals surface area contributed by atoms with E-state index in [1.54, 1.807) is 19.3 Å². The minimum Gasteiger partial charge on any atom is -0.366 e. The average molecular weight is 216 g/mol. The molecule has 2 aromatic rings. The van der Waals surface area contributed by atoms with Gasteiger partial charge in [0, 0.05) is 25.0 Å². The van der Waals surface area contributed by atoms with Crippen LogP contribution in [-0.2, 0) is 6.54 Å². The molecule has 0 radical (unpaired) electrons. The van der Waals surface area contributed by atoms with Gasteiger partial charge >= 0.3 is 0 Å². The highest BCUT2D eigenvalue weighted by molar-refractivity contribution is 5.33. The number of aryl methyl sites for hydroxylation is 1. The number of hydrogen-bond donors (Lipinski definition) is 2. The molecule has 0 aromatic carbocycles. The van der Waals surface area contributed by atoms with Crippen LogP contribution in [0, 0.1) is 6.92 Å². The average Bonchev–Trinajstić information content (AvgIpc) is 2.27. The van der Waals surface area contributed by atoms with Gasteiger partial charge in [-0.2, -0.15) is 0 Å². The van der Waals surface area contributed by atoms with Crippen molar-refractivity contribution >= 4 is 5.82 Å². The Balaban J connectivity index is 2.08. The van der Waals surface area contributed by atoms with Gasteiger partial charge in [-0.1, -0.05) is 6.07 Å². The molecule has 16 heavy (non-hydrogen) atoms. The number of nitrogens with one attached hydrogen (secondary N) is 2. The van der Waals surface area contributed by atoms with E-state index in [9.17, 15) is 4.79 Å². The summed E-state index contributed by atoms with van der Waals surface area (Å²) >= 11 is 0. The lowest BCUT2D eigenvalue weighted by Gasteiger charge is -2.05. The van der Waals surface area contributed by atoms with E-state index in [-0.39, 0.29) is 5.56 Å². The topological polar surface area (TPSA) is 70.7 Å². The van der Waals surface area contributed by atoms with E-state index in [0.717, 1.165) is 5.56 Å². The molecule has 2 N–H and O–H groups in total. The van der Waals surface area contributed by atoms with E-state index in [4.69, 9.17) is 0 Å². The molecule has 0 bridgehead atoms. The van der Waals surface area contributed by atoms with E-state index in [0.29, 0.717) is 18.2 Å². The number of nitrogens with zero attached hydrogens (tertiary/aromatic N) is 2. The van der Waals surface area contributed by atoms with Crippen molar-refractivity contribution in [3.63, 3.8) is 0 Å². The highest BCUT2D eigenvalue weighted by Gasteiger charge is 1.97. The smallest absolute Gasteiger partial charge is 0.252 e. The summed E-state index contributed by atoms with van der Waals surface area (Å²) in [7, 11) is 0. The number of aromatic amines is 1. The summed E-state index contributed by atoms with van der Waals surface area (Å²) in [6, 6.07) is 5.26. The molecule has 0 saturated carbocycles. The lowest BCUT2D eigenvalue weighted by Crippen LogP contribution is -2.11. The second-order valence-corrected chi connectivity index (χ2v) is 3.43. The fraction of sp³-hybridized carbons (Fsp3) is 0.182. The van der Waals surface area contributed by atoms with Gasteiger partial charge in [0.1, 0.15) is 11.6 Å². The molecule has 0 spiro atoms. The van der Waals surface area contributed by atoms with Crippen LogP contribution in [0.1, 0.15) is 11.4 Å². The fourth-order valence-corrected chi connectivity index (χ4v) is 1.37. The van der Waals surface area contributed by atoms with Crippen molar-refractivity contribution in [1.82, 2.24) is 15.0 Å². The maximum Gasteiger partial charge on any atom is 0.252 e. The first-order valence-corrected chi connectivity index (χ1v) is 4.95. The number of H-pyrrole nitrogens is 1. The fourth-order valence-electron chi connectivity index (χ4n) is 1.37. The number of anilines is 1. The summed E-state index contributed by atoms with van der Waals surface area (Å²) in [6.45, 7) is 2.35. The minimum absolute atomic E-state index is 0.152. The van der Waals surface area contributed by atoms with Crippen LogP contribution in [0.2, 0.25) is 0 Å². The predicted octanol–water partition coefficient (Wildman–Crippen LogP) is 1.09. The largest absolute Gasteiger partial charge is 0.366 e. The zero-order chi connectivity index (χ0) is 11.4. The Kier molecular flexibility index (Phi) is 2.95. The van der Waals surface area contributed by atoms with Crippen LogP contribution in [0.4, 0.5) is 5.82 Å². The third-order valence-corrected chi connectivity index (χ3v) is 2.06. The maximum absolute atomic E-state index is 11.2. The van der Waals surface area contributed by atoms with Crippen molar-refractivity contribution in [3.05, 3.63) is 52.3 Å². The van der Waals surface area contributed by atoms with Crippen molar-refractivity contribution in [2.45, 2.75) is 13.5 Å². The summed E-state index contributed by atoms with van der Waals surface area (Å²) in [6.07, 6.45) is 3.49. The number of hydrogen-bond acceptors (Lipinski definition) is 4. The van der Waals surface area contributed by atoms with Crippen LogP contribution in [0.25, 0.3) is 0 Å². The first-order chi connectivity index (χ1) is 7.74. The van der Waals surface area contributed by atoms with E-state index < -0.39 is 0 Å². The molecule has 0 unspecified atom stereocenters. The summed E-state index contributed by atoms with van der Waals surface area (Å²) in [5.74, 6) is 1.17. The number of pyridine rings is 1. The molecule has 5 nitrogen and oxygen atoms in total. The van der Waals surface area contributed by atoms with Gasteiger partial charge < -0.3 is 10.3 Å². The zero-order valence-corrected chi connectivity index (χ0v) is 8.90. The monoisotopic (exact) mass is 216 g/mol. The second-order valence-electron chi connectivity index (χ2n) is 3.43. The first kappa shape index (κ1) is 10.4. The summed E-state index contributed by atoms with van der Waals surface area (Å²) in [4.78, 5) is 21.9. The molecule has 0 aliphatic carbocycles. The molecule has 0 atom stereocenters. The molecule has 0 aliphatic heterocycles. The molecule has 2 aromatic heterocycles. The molecule has 82 valence electrons. The molecular formula is C11H12N4O. The van der Waals surface area contributed by atoms with Crippen LogP contribution >= 0.6 is 0 Å². The zero-order valence-electron chi connectivity index (χ0n) is 8.90. The normalized spacial score (nSPS) is 10.1. The van der Waals surface area contributed by atoms with Crippen molar-refractivity contribution in [1.29, 1.82) is 0 Å². The number of rotatable bonds is 3. The van der Waals surface area contributed by atoms with Gasteiger partial charge in [0.25, 0.3) is 5.56 Å². The molecular weight excluding hydrogens is 204 g/mol. The quantitative estimate of drug-likeness (QED) is 0.805. The van der Waals surface area contributed by atoms with E-state index in [1.807, 2.05) is 12.1 Å². The Hall–Kier alpha value is -2.17. The van der Waals surface area contributed by atoms with Gasteiger partial charge in [0.05, 0.1) is 0 Å². The molecule has 0 fully saturated rings. The molecule has 2 heterocycles. The van der Waals surface area contributed by atoms with E-state index >= 15 is 0 Å². The summed E-state index contributed by atoms with van der Waals surface area (Å²) in [5.41, 5.74) is 0.892. The maximum atomic E-state index is 11.2. The molecule has 0 amide bonds. The Morgan fingerprint density at radius 3 is 3.06 bits per heavy atom. The molecule has 5 heteroatoms. The number of aromatic nitrogens is 3. The Morgan fingerprint density at radius 2 is 2.38 bits per heavy atom. The standard InChI is InChI=1S/C11H12N4O/c1-8-14-10(5-11(16)15-8)13-7-9-3-2-4-12-6-9/h2-6H,7H2,1H3,(H2,13,14,15,16). The minimum atomic E-state index is -0.152. The SMILES string of the molecule is Cc1nc(NCc2cccnc2)cc(=O)[nH]1. The van der Waals surface area contributed by atoms with E-state index in [1.165, 1.54) is 6.07 Å². The molecule has 2 rings (SSSR count). The van der Waals surface area contributed by atoms with Crippen LogP contribution in [0.15, 0.2) is 35.4 Å². The highest BCUT2D eigenvalue weighted by atomic mass is 16.1. The van der Waals surface area contributed by atoms with Gasteiger partial charge in [-0.05, 0) is 18.6 Å². The van der Waals surface area contributed by atoms with Gasteiger partial charge in [-0.15, -0.1) is 0 Å². The van der Waals surface area contributed by atoms with Crippen LogP contribution < -0.4 is 10.9 Å². The van der Waals surface area contributed by atoms with Gasteiger partial charge in [0.2, 0.25) is 0 Å². The molecule has 0 saturated heterocycles. The Morgan fingerprint density at radius 1 is 1.50 bits per heavy atom. The van der Waals surface area contributed by atoms with Gasteiger partial charge in [0.15, 0.2) is 0 Å². The Bertz CT molecular complexity index is 521. The van der Waals surface area contributed by atoms with E-state index in [2.05, 4.69) is 20.3 Å². The summed E-state index contributed by atoms with van der Waals surface area (Å²) in [5, 5.41) is 3.07. The predicted molar refractivity (Wildman–Crippen MR) is 61.2 cm³/mol. The lowest BCUT2D eigenvalue weighted by atomic mass is 10.3. The highest BCUT2D eigenvalue weighted by Crippen LogP contribution is 2.02.